The zero-order chi connectivity index (χ0) is 13.7. The number of nitrogens with two attached hydrogens (primary N) is 1. The van der Waals surface area contributed by atoms with E-state index in [0.29, 0.717) is 12.2 Å². The smallest absolute Gasteiger partial charge is 0.228 e. The molecular formula is C15H15FN2O. The minimum Gasteiger partial charge on any atom is -0.326 e. The molecule has 0 aliphatic rings. The number of carbonyl (C=O) groups excluding carboxylic acids is 1. The van der Waals surface area contributed by atoms with E-state index in [0.717, 1.165) is 11.1 Å². The summed E-state index contributed by atoms with van der Waals surface area (Å²) in [6, 6.07) is 13.3. The van der Waals surface area contributed by atoms with Crippen molar-refractivity contribution >= 4 is 11.6 Å². The van der Waals surface area contributed by atoms with Crippen molar-refractivity contribution in [3.63, 3.8) is 0 Å². The Morgan fingerprint density at radius 1 is 1.11 bits per heavy atom. The van der Waals surface area contributed by atoms with Crippen molar-refractivity contribution in [2.75, 3.05) is 5.32 Å². The first-order valence-corrected chi connectivity index (χ1v) is 6.00. The Kier molecular flexibility index (Phi) is 4.26. The van der Waals surface area contributed by atoms with Gasteiger partial charge in [-0.25, -0.2) is 4.39 Å². The monoisotopic (exact) mass is 258 g/mol. The third-order valence-electron chi connectivity index (χ3n) is 2.72. The van der Waals surface area contributed by atoms with Gasteiger partial charge in [0.25, 0.3) is 0 Å². The number of anilines is 1. The van der Waals surface area contributed by atoms with Crippen molar-refractivity contribution in [2.45, 2.75) is 13.0 Å². The van der Waals surface area contributed by atoms with Crippen molar-refractivity contribution < 1.29 is 9.18 Å². The van der Waals surface area contributed by atoms with Crippen LogP contribution in [0.15, 0.2) is 48.5 Å². The van der Waals surface area contributed by atoms with Crippen LogP contribution in [-0.4, -0.2) is 5.91 Å². The molecule has 0 radical (unpaired) electrons. The van der Waals surface area contributed by atoms with Gasteiger partial charge >= 0.3 is 0 Å². The average Bonchev–Trinajstić information content (AvgIpc) is 2.41. The molecule has 0 bridgehead atoms. The standard InChI is InChI=1S/C15H15FN2O/c16-13-4-6-14(7-5-13)18-15(19)9-11-2-1-3-12(8-11)10-17/h1-8H,9-10,17H2,(H,18,19). The van der Waals surface area contributed by atoms with E-state index in [9.17, 15) is 9.18 Å². The van der Waals surface area contributed by atoms with Crippen molar-refractivity contribution in [3.8, 4) is 0 Å². The first-order valence-electron chi connectivity index (χ1n) is 6.00. The van der Waals surface area contributed by atoms with Crippen LogP contribution in [-0.2, 0) is 17.8 Å². The lowest BCUT2D eigenvalue weighted by molar-refractivity contribution is -0.115. The first kappa shape index (κ1) is 13.2. The highest BCUT2D eigenvalue weighted by atomic mass is 19.1. The van der Waals surface area contributed by atoms with E-state index in [1.807, 2.05) is 24.3 Å². The summed E-state index contributed by atoms with van der Waals surface area (Å²) in [5, 5.41) is 2.72. The van der Waals surface area contributed by atoms with E-state index < -0.39 is 0 Å². The highest BCUT2D eigenvalue weighted by Crippen LogP contribution is 2.10. The molecule has 2 aromatic carbocycles. The van der Waals surface area contributed by atoms with Crippen molar-refractivity contribution in [2.24, 2.45) is 5.73 Å². The second-order valence-electron chi connectivity index (χ2n) is 4.26. The number of benzene rings is 2. The second kappa shape index (κ2) is 6.11. The molecule has 3 nitrogen and oxygen atoms in total. The summed E-state index contributed by atoms with van der Waals surface area (Å²) in [7, 11) is 0. The summed E-state index contributed by atoms with van der Waals surface area (Å²) in [6.45, 7) is 0.452. The predicted molar refractivity (Wildman–Crippen MR) is 73.1 cm³/mol. The van der Waals surface area contributed by atoms with Crippen LogP contribution in [0.2, 0.25) is 0 Å². The lowest BCUT2D eigenvalue weighted by Crippen LogP contribution is -2.14. The molecule has 0 aromatic heterocycles. The van der Waals surface area contributed by atoms with Crippen LogP contribution < -0.4 is 11.1 Å². The lowest BCUT2D eigenvalue weighted by Gasteiger charge is -2.06. The Morgan fingerprint density at radius 2 is 1.79 bits per heavy atom. The molecule has 1 amide bonds. The van der Waals surface area contributed by atoms with Crippen LogP contribution in [0.1, 0.15) is 11.1 Å². The quantitative estimate of drug-likeness (QED) is 0.885. The van der Waals surface area contributed by atoms with Gasteiger partial charge in [0.05, 0.1) is 6.42 Å². The van der Waals surface area contributed by atoms with Gasteiger partial charge in [-0.15, -0.1) is 0 Å². The van der Waals surface area contributed by atoms with E-state index in [4.69, 9.17) is 5.73 Å². The van der Waals surface area contributed by atoms with Crippen LogP contribution in [0.4, 0.5) is 10.1 Å². The van der Waals surface area contributed by atoms with Crippen LogP contribution in [0.5, 0.6) is 0 Å². The minimum absolute atomic E-state index is 0.138. The molecule has 0 spiro atoms. The molecule has 3 N–H and O–H groups in total. The van der Waals surface area contributed by atoms with E-state index in [2.05, 4.69) is 5.32 Å². The average molecular weight is 258 g/mol. The van der Waals surface area contributed by atoms with E-state index >= 15 is 0 Å². The molecular weight excluding hydrogens is 243 g/mol. The van der Waals surface area contributed by atoms with Gasteiger partial charge in [-0.3, -0.25) is 4.79 Å². The summed E-state index contributed by atoms with van der Waals surface area (Å²) < 4.78 is 12.7. The highest BCUT2D eigenvalue weighted by Gasteiger charge is 2.04. The third kappa shape index (κ3) is 3.89. The van der Waals surface area contributed by atoms with Crippen molar-refractivity contribution in [1.29, 1.82) is 0 Å². The van der Waals surface area contributed by atoms with Gasteiger partial charge in [0.1, 0.15) is 5.82 Å². The molecule has 4 heteroatoms. The maximum absolute atomic E-state index is 12.7. The Hall–Kier alpha value is -2.20. The molecule has 0 aliphatic heterocycles. The topological polar surface area (TPSA) is 55.1 Å². The number of hydrogen-bond donors (Lipinski definition) is 2. The summed E-state index contributed by atoms with van der Waals surface area (Å²) >= 11 is 0. The van der Waals surface area contributed by atoms with E-state index in [-0.39, 0.29) is 18.1 Å². The molecule has 98 valence electrons. The van der Waals surface area contributed by atoms with Crippen LogP contribution in [0.3, 0.4) is 0 Å². The number of amides is 1. The van der Waals surface area contributed by atoms with Gasteiger partial charge < -0.3 is 11.1 Å². The molecule has 2 rings (SSSR count). The maximum atomic E-state index is 12.7. The van der Waals surface area contributed by atoms with Crippen LogP contribution in [0.25, 0.3) is 0 Å². The number of nitrogens with one attached hydrogen (secondary N) is 1. The predicted octanol–water partition coefficient (Wildman–Crippen LogP) is 2.47. The Balaban J connectivity index is 1.99. The van der Waals surface area contributed by atoms with Crippen molar-refractivity contribution in [1.82, 2.24) is 0 Å². The summed E-state index contributed by atoms with van der Waals surface area (Å²) in [5.74, 6) is -0.463. The Labute approximate surface area is 111 Å². The molecule has 0 unspecified atom stereocenters. The van der Waals surface area contributed by atoms with Gasteiger partial charge in [-0.2, -0.15) is 0 Å². The largest absolute Gasteiger partial charge is 0.326 e. The molecule has 0 saturated carbocycles. The molecule has 0 fully saturated rings. The molecule has 0 aliphatic carbocycles. The van der Waals surface area contributed by atoms with Gasteiger partial charge in [-0.05, 0) is 35.4 Å². The maximum Gasteiger partial charge on any atom is 0.228 e. The van der Waals surface area contributed by atoms with Crippen molar-refractivity contribution in [3.05, 3.63) is 65.5 Å². The fourth-order valence-corrected chi connectivity index (χ4v) is 1.79. The molecule has 0 saturated heterocycles. The second-order valence-corrected chi connectivity index (χ2v) is 4.26. The lowest BCUT2D eigenvalue weighted by atomic mass is 10.1. The van der Waals surface area contributed by atoms with E-state index in [1.165, 1.54) is 24.3 Å². The van der Waals surface area contributed by atoms with Crippen LogP contribution in [0, 0.1) is 5.82 Å². The van der Waals surface area contributed by atoms with Crippen LogP contribution >= 0.6 is 0 Å². The SMILES string of the molecule is NCc1cccc(CC(=O)Nc2ccc(F)cc2)c1. The van der Waals surface area contributed by atoms with Gasteiger partial charge in [0.15, 0.2) is 0 Å². The van der Waals surface area contributed by atoms with E-state index in [1.54, 1.807) is 0 Å². The van der Waals surface area contributed by atoms with Gasteiger partial charge in [-0.1, -0.05) is 24.3 Å². The number of hydrogen-bond acceptors (Lipinski definition) is 2. The Bertz CT molecular complexity index is 567. The number of carbonyl (C=O) groups is 1. The van der Waals surface area contributed by atoms with Gasteiger partial charge in [0, 0.05) is 12.2 Å². The number of halogens is 1. The molecule has 0 heterocycles. The summed E-state index contributed by atoms with van der Waals surface area (Å²) in [4.78, 5) is 11.8. The first-order chi connectivity index (χ1) is 9.17. The molecule has 2 aromatic rings. The molecule has 0 atom stereocenters. The van der Waals surface area contributed by atoms with Gasteiger partial charge in [0.2, 0.25) is 5.91 Å². The fourth-order valence-electron chi connectivity index (χ4n) is 1.79. The summed E-state index contributed by atoms with van der Waals surface area (Å²) in [6.07, 6.45) is 0.269. The highest BCUT2D eigenvalue weighted by molar-refractivity contribution is 5.92. The Morgan fingerprint density at radius 3 is 2.47 bits per heavy atom. The fraction of sp³-hybridized carbons (Fsp3) is 0.133. The zero-order valence-electron chi connectivity index (χ0n) is 10.4. The third-order valence-corrected chi connectivity index (χ3v) is 2.72. The minimum atomic E-state index is -0.325. The number of rotatable bonds is 4. The zero-order valence-corrected chi connectivity index (χ0v) is 10.4. The molecule has 19 heavy (non-hydrogen) atoms. The summed E-state index contributed by atoms with van der Waals surface area (Å²) in [5.41, 5.74) is 8.03. The normalized spacial score (nSPS) is 10.2.